The minimum atomic E-state index is -5.08. The average Bonchev–Trinajstić information content (AvgIpc) is 3.54. The summed E-state index contributed by atoms with van der Waals surface area (Å²) in [7, 11) is 4.06. The normalized spacial score (nSPS) is 18.7. The molecular formula is C28H37F12N5O9. The number of halogens is 12. The monoisotopic (exact) mass is 815 g/mol. The molecule has 1 aromatic heterocycles. The van der Waals surface area contributed by atoms with Crippen LogP contribution in [0, 0.1) is 5.92 Å². The second kappa shape index (κ2) is 22.0. The highest BCUT2D eigenvalue weighted by Gasteiger charge is 2.49. The van der Waals surface area contributed by atoms with Gasteiger partial charge in [-0.3, -0.25) is 19.6 Å². The van der Waals surface area contributed by atoms with Crippen LogP contribution in [0.2, 0.25) is 0 Å². The maximum absolute atomic E-state index is 12.8. The standard InChI is InChI=1S/C20H33N5O.4C2HF3O2/c1-15(2)25-18(20(26)22-9-10-23(3)4)11-17-13-24(14-19(17)25)12-16-5-7-21-8-6-16;4*3-2(4,5)1(6)7/h5-8,15,17-19H,9-14H2,1-4H3,(H,22,26);4*(H,6,7)/t17-,18+,19+;;;;/m0..../s1. The molecule has 5 N–H and O–H groups in total. The van der Waals surface area contributed by atoms with Gasteiger partial charge in [0.2, 0.25) is 5.91 Å². The molecule has 2 saturated heterocycles. The molecule has 1 amide bonds. The molecule has 1 aromatic rings. The number of aromatic nitrogens is 1. The fraction of sp³-hybridized carbons (Fsp3) is 0.643. The van der Waals surface area contributed by atoms with Gasteiger partial charge in [-0.05, 0) is 58.0 Å². The zero-order valence-corrected chi connectivity index (χ0v) is 28.5. The highest BCUT2D eigenvalue weighted by molar-refractivity contribution is 5.82. The van der Waals surface area contributed by atoms with Crippen LogP contribution in [0.1, 0.15) is 25.8 Å². The largest absolute Gasteiger partial charge is 0.490 e. The van der Waals surface area contributed by atoms with E-state index in [1.807, 2.05) is 26.5 Å². The minimum Gasteiger partial charge on any atom is -0.475 e. The summed E-state index contributed by atoms with van der Waals surface area (Å²) in [5, 5.41) is 31.6. The van der Waals surface area contributed by atoms with Crippen LogP contribution in [0.5, 0.6) is 0 Å². The molecule has 2 aliphatic heterocycles. The number of carbonyl (C=O) groups excluding carboxylic acids is 1. The van der Waals surface area contributed by atoms with E-state index < -0.39 is 48.6 Å². The summed E-state index contributed by atoms with van der Waals surface area (Å²) < 4.78 is 127. The van der Waals surface area contributed by atoms with Crippen molar-refractivity contribution in [2.45, 2.75) is 69.6 Å². The summed E-state index contributed by atoms with van der Waals surface area (Å²) in [6.07, 6.45) is -15.6. The molecule has 312 valence electrons. The Morgan fingerprint density at radius 2 is 1.13 bits per heavy atom. The molecule has 2 fully saturated rings. The second-order valence-corrected chi connectivity index (χ2v) is 11.5. The molecule has 3 heterocycles. The number of likely N-dealkylation sites (tertiary alicyclic amines) is 2. The number of carboxylic acid groups (broad SMARTS) is 4. The molecule has 3 rings (SSSR count). The molecule has 0 spiro atoms. The highest BCUT2D eigenvalue weighted by atomic mass is 19.4. The van der Waals surface area contributed by atoms with Crippen molar-refractivity contribution in [3.8, 4) is 0 Å². The third-order valence-corrected chi connectivity index (χ3v) is 6.63. The van der Waals surface area contributed by atoms with Crippen molar-refractivity contribution in [3.63, 3.8) is 0 Å². The first kappa shape index (κ1) is 51.6. The van der Waals surface area contributed by atoms with Gasteiger partial charge >= 0.3 is 48.6 Å². The number of aliphatic carboxylic acids is 4. The molecule has 14 nitrogen and oxygen atoms in total. The smallest absolute Gasteiger partial charge is 0.475 e. The summed E-state index contributed by atoms with van der Waals surface area (Å²) in [5.41, 5.74) is 1.31. The van der Waals surface area contributed by atoms with E-state index in [4.69, 9.17) is 39.6 Å². The SMILES string of the molecule is CC(C)N1[C@@H](C(=O)NCCN(C)C)C[C@H]2CN(Cc3ccncc3)C[C@H]21.O=C(O)C(F)(F)F.O=C(O)C(F)(F)F.O=C(O)C(F)(F)F.O=C(O)C(F)(F)F. The quantitative estimate of drug-likeness (QED) is 0.251. The Balaban J connectivity index is 0. The Bertz CT molecular complexity index is 1250. The lowest BCUT2D eigenvalue weighted by atomic mass is 10.0. The van der Waals surface area contributed by atoms with Gasteiger partial charge in [-0.2, -0.15) is 52.7 Å². The zero-order valence-electron chi connectivity index (χ0n) is 28.5. The Morgan fingerprint density at radius 1 is 0.759 bits per heavy atom. The number of carboxylic acids is 4. The number of pyridine rings is 1. The van der Waals surface area contributed by atoms with Crippen molar-refractivity contribution in [3.05, 3.63) is 30.1 Å². The van der Waals surface area contributed by atoms with E-state index in [9.17, 15) is 57.5 Å². The number of fused-ring (bicyclic) bond motifs is 1. The van der Waals surface area contributed by atoms with Crippen LogP contribution >= 0.6 is 0 Å². The van der Waals surface area contributed by atoms with Crippen LogP contribution in [0.25, 0.3) is 0 Å². The fourth-order valence-electron chi connectivity index (χ4n) is 4.53. The van der Waals surface area contributed by atoms with Crippen molar-refractivity contribution >= 4 is 29.8 Å². The average molecular weight is 816 g/mol. The van der Waals surface area contributed by atoms with Crippen LogP contribution in [-0.4, -0.2) is 153 Å². The number of likely N-dealkylation sites (N-methyl/N-ethyl adjacent to an activating group) is 1. The van der Waals surface area contributed by atoms with E-state index >= 15 is 0 Å². The Kier molecular flexibility index (Phi) is 21.1. The van der Waals surface area contributed by atoms with E-state index in [1.54, 1.807) is 0 Å². The Morgan fingerprint density at radius 3 is 1.44 bits per heavy atom. The Labute approximate surface area is 298 Å². The van der Waals surface area contributed by atoms with Crippen LogP contribution in [0.15, 0.2) is 24.5 Å². The fourth-order valence-corrected chi connectivity index (χ4v) is 4.53. The topological polar surface area (TPSA) is 201 Å². The maximum atomic E-state index is 12.8. The van der Waals surface area contributed by atoms with Gasteiger partial charge in [0.25, 0.3) is 0 Å². The Hall–Kier alpha value is -4.46. The van der Waals surface area contributed by atoms with Gasteiger partial charge in [0, 0.05) is 57.2 Å². The van der Waals surface area contributed by atoms with Crippen LogP contribution < -0.4 is 5.32 Å². The van der Waals surface area contributed by atoms with Gasteiger partial charge in [-0.15, -0.1) is 0 Å². The number of nitrogens with zero attached hydrogens (tertiary/aromatic N) is 4. The summed E-state index contributed by atoms with van der Waals surface area (Å²) in [6.45, 7) is 9.14. The van der Waals surface area contributed by atoms with Crippen LogP contribution in [0.4, 0.5) is 52.7 Å². The van der Waals surface area contributed by atoms with Crippen molar-refractivity contribution in [2.75, 3.05) is 40.3 Å². The molecule has 54 heavy (non-hydrogen) atoms. The molecule has 26 heteroatoms. The number of rotatable bonds is 7. The van der Waals surface area contributed by atoms with Crippen molar-refractivity contribution < 1.29 is 97.1 Å². The van der Waals surface area contributed by atoms with Gasteiger partial charge in [0.15, 0.2) is 0 Å². The molecular weight excluding hydrogens is 778 g/mol. The van der Waals surface area contributed by atoms with Gasteiger partial charge in [0.05, 0.1) is 6.04 Å². The molecule has 0 aliphatic carbocycles. The van der Waals surface area contributed by atoms with Gasteiger partial charge < -0.3 is 30.6 Å². The molecule has 3 atom stereocenters. The summed E-state index contributed by atoms with van der Waals surface area (Å²) in [5.74, 6) is -10.2. The second-order valence-electron chi connectivity index (χ2n) is 11.5. The highest BCUT2D eigenvalue weighted by Crippen LogP contribution is 2.37. The third-order valence-electron chi connectivity index (χ3n) is 6.63. The van der Waals surface area contributed by atoms with Crippen molar-refractivity contribution in [2.24, 2.45) is 5.92 Å². The number of carbonyl (C=O) groups is 5. The lowest BCUT2D eigenvalue weighted by molar-refractivity contribution is -0.193. The van der Waals surface area contributed by atoms with E-state index in [1.165, 1.54) is 5.56 Å². The molecule has 0 saturated carbocycles. The van der Waals surface area contributed by atoms with Crippen molar-refractivity contribution in [1.29, 1.82) is 0 Å². The van der Waals surface area contributed by atoms with Crippen molar-refractivity contribution in [1.82, 2.24) is 25.0 Å². The molecule has 0 unspecified atom stereocenters. The first-order chi connectivity index (χ1) is 24.2. The van der Waals surface area contributed by atoms with Crippen LogP contribution in [-0.2, 0) is 30.5 Å². The number of amides is 1. The number of alkyl halides is 12. The molecule has 0 bridgehead atoms. The third kappa shape index (κ3) is 21.3. The van der Waals surface area contributed by atoms with Gasteiger partial charge in [-0.25, -0.2) is 19.2 Å². The van der Waals surface area contributed by atoms with E-state index in [2.05, 4.69) is 51.0 Å². The van der Waals surface area contributed by atoms with E-state index in [0.29, 0.717) is 18.0 Å². The minimum absolute atomic E-state index is 0.0234. The van der Waals surface area contributed by atoms with E-state index in [0.717, 1.165) is 39.1 Å². The lowest BCUT2D eigenvalue weighted by Crippen LogP contribution is -2.51. The van der Waals surface area contributed by atoms with Gasteiger partial charge in [0.1, 0.15) is 0 Å². The predicted molar refractivity (Wildman–Crippen MR) is 158 cm³/mol. The molecule has 0 aromatic carbocycles. The zero-order chi connectivity index (χ0) is 43.0. The van der Waals surface area contributed by atoms with Crippen LogP contribution in [0.3, 0.4) is 0 Å². The lowest BCUT2D eigenvalue weighted by Gasteiger charge is -2.33. The summed E-state index contributed by atoms with van der Waals surface area (Å²) in [4.78, 5) is 59.5. The predicted octanol–water partition coefficient (Wildman–Crippen LogP) is 3.58. The molecule has 2 aliphatic rings. The van der Waals surface area contributed by atoms with E-state index in [-0.39, 0.29) is 11.9 Å². The molecule has 0 radical (unpaired) electrons. The van der Waals surface area contributed by atoms with Gasteiger partial charge in [-0.1, -0.05) is 0 Å². The summed E-state index contributed by atoms with van der Waals surface area (Å²) in [6, 6.07) is 5.08. The number of hydrogen-bond acceptors (Lipinski definition) is 9. The summed E-state index contributed by atoms with van der Waals surface area (Å²) >= 11 is 0. The first-order valence-electron chi connectivity index (χ1n) is 14.7. The number of nitrogens with one attached hydrogen (secondary N) is 1. The maximum Gasteiger partial charge on any atom is 0.490 e. The first-order valence-corrected chi connectivity index (χ1v) is 14.7. The number of hydrogen-bond donors (Lipinski definition) is 5.